The van der Waals surface area contributed by atoms with E-state index in [1.165, 1.54) is 12.1 Å². The van der Waals surface area contributed by atoms with Crippen molar-refractivity contribution in [2.45, 2.75) is 45.1 Å². The van der Waals surface area contributed by atoms with Gasteiger partial charge in [-0.3, -0.25) is 4.79 Å². The topological polar surface area (TPSA) is 55.1 Å². The summed E-state index contributed by atoms with van der Waals surface area (Å²) in [6.45, 7) is 4.46. The second-order valence-electron chi connectivity index (χ2n) is 6.08. The molecule has 1 aromatic carbocycles. The summed E-state index contributed by atoms with van der Waals surface area (Å²) in [6, 6.07) is 4.29. The molecule has 1 fully saturated rings. The Balaban J connectivity index is 2.15. The van der Waals surface area contributed by atoms with Crippen LogP contribution in [0.3, 0.4) is 0 Å². The molecule has 0 aliphatic heterocycles. The minimum Gasteiger partial charge on any atom is -0.345 e. The van der Waals surface area contributed by atoms with E-state index in [1.807, 2.05) is 6.92 Å². The zero-order valence-corrected chi connectivity index (χ0v) is 12.2. The third-order valence-corrected chi connectivity index (χ3v) is 4.45. The summed E-state index contributed by atoms with van der Waals surface area (Å²) in [5.74, 6) is 0.0734. The summed E-state index contributed by atoms with van der Waals surface area (Å²) < 4.78 is 13.3. The molecule has 1 aliphatic carbocycles. The molecule has 0 spiro atoms. The van der Waals surface area contributed by atoms with E-state index in [4.69, 9.17) is 5.73 Å². The number of hydrogen-bond donors (Lipinski definition) is 2. The second kappa shape index (κ2) is 5.92. The number of hydrogen-bond acceptors (Lipinski definition) is 2. The van der Waals surface area contributed by atoms with E-state index in [9.17, 15) is 9.18 Å². The van der Waals surface area contributed by atoms with Crippen molar-refractivity contribution >= 4 is 5.91 Å². The van der Waals surface area contributed by atoms with Crippen molar-refractivity contribution in [3.63, 3.8) is 0 Å². The molecular formula is C16H23FN2O. The second-order valence-corrected chi connectivity index (χ2v) is 6.08. The van der Waals surface area contributed by atoms with Crippen molar-refractivity contribution in [3.8, 4) is 0 Å². The molecule has 3 N–H and O–H groups in total. The van der Waals surface area contributed by atoms with Gasteiger partial charge >= 0.3 is 0 Å². The molecule has 2 rings (SSSR count). The van der Waals surface area contributed by atoms with Gasteiger partial charge in [-0.25, -0.2) is 4.39 Å². The Hall–Kier alpha value is -1.42. The fraction of sp³-hybridized carbons (Fsp3) is 0.562. The molecule has 1 aliphatic rings. The van der Waals surface area contributed by atoms with Crippen molar-refractivity contribution in [2.75, 3.05) is 6.54 Å². The Morgan fingerprint density at radius 3 is 2.70 bits per heavy atom. The third kappa shape index (κ3) is 3.18. The summed E-state index contributed by atoms with van der Waals surface area (Å²) in [5, 5.41) is 3.06. The molecule has 0 heterocycles. The summed E-state index contributed by atoms with van der Waals surface area (Å²) in [4.78, 5) is 12.4. The van der Waals surface area contributed by atoms with Gasteiger partial charge in [0.15, 0.2) is 0 Å². The highest BCUT2D eigenvalue weighted by Gasteiger charge is 2.34. The predicted octanol–water partition coefficient (Wildman–Crippen LogP) is 2.77. The van der Waals surface area contributed by atoms with Crippen LogP contribution in [-0.2, 0) is 0 Å². The van der Waals surface area contributed by atoms with Crippen molar-refractivity contribution in [2.24, 2.45) is 11.7 Å². The molecule has 0 radical (unpaired) electrons. The highest BCUT2D eigenvalue weighted by atomic mass is 19.1. The van der Waals surface area contributed by atoms with Gasteiger partial charge in [-0.1, -0.05) is 13.0 Å². The van der Waals surface area contributed by atoms with Gasteiger partial charge in [-0.2, -0.15) is 0 Å². The van der Waals surface area contributed by atoms with Gasteiger partial charge < -0.3 is 11.1 Å². The lowest BCUT2D eigenvalue weighted by atomic mass is 9.77. The van der Waals surface area contributed by atoms with E-state index in [-0.39, 0.29) is 17.3 Å². The van der Waals surface area contributed by atoms with Gasteiger partial charge in [-0.15, -0.1) is 0 Å². The van der Waals surface area contributed by atoms with E-state index >= 15 is 0 Å². The van der Waals surface area contributed by atoms with E-state index in [0.29, 0.717) is 18.0 Å². The summed E-state index contributed by atoms with van der Waals surface area (Å²) in [5.41, 5.74) is 6.74. The van der Waals surface area contributed by atoms with Crippen LogP contribution in [0, 0.1) is 18.7 Å². The first-order valence-corrected chi connectivity index (χ1v) is 7.24. The number of carbonyl (C=O) groups is 1. The molecule has 110 valence electrons. The van der Waals surface area contributed by atoms with E-state index in [1.54, 1.807) is 6.07 Å². The fourth-order valence-electron chi connectivity index (χ4n) is 2.84. The number of rotatable bonds is 3. The van der Waals surface area contributed by atoms with Crippen LogP contribution in [-0.4, -0.2) is 18.0 Å². The zero-order chi connectivity index (χ0) is 14.8. The molecule has 0 unspecified atom stereocenters. The summed E-state index contributed by atoms with van der Waals surface area (Å²) in [6.07, 6.45) is 3.93. The lowest BCUT2D eigenvalue weighted by Gasteiger charge is -2.39. The Morgan fingerprint density at radius 2 is 2.10 bits per heavy atom. The number of benzene rings is 1. The molecule has 1 saturated carbocycles. The molecular weight excluding hydrogens is 255 g/mol. The minimum absolute atomic E-state index is 0.220. The lowest BCUT2D eigenvalue weighted by Crippen LogP contribution is -2.55. The van der Waals surface area contributed by atoms with Crippen LogP contribution in [0.2, 0.25) is 0 Å². The normalized spacial score (nSPS) is 26.3. The SMILES string of the molecule is Cc1ccc(F)cc1C(=O)NC1(CN)CCC(C)CC1. The number of aryl methyl sites for hydroxylation is 1. The first-order valence-electron chi connectivity index (χ1n) is 7.24. The van der Waals surface area contributed by atoms with Crippen molar-refractivity contribution in [1.82, 2.24) is 5.32 Å². The number of nitrogens with two attached hydrogens (primary N) is 1. The monoisotopic (exact) mass is 278 g/mol. The number of carbonyl (C=O) groups excluding carboxylic acids is 1. The Kier molecular flexibility index (Phi) is 4.43. The summed E-state index contributed by atoms with van der Waals surface area (Å²) >= 11 is 0. The van der Waals surface area contributed by atoms with Crippen LogP contribution in [0.25, 0.3) is 0 Å². The standard InChI is InChI=1S/C16H23FN2O/c1-11-5-7-16(10-18,8-6-11)19-15(20)14-9-13(17)4-3-12(14)2/h3-4,9,11H,5-8,10,18H2,1-2H3,(H,19,20). The first kappa shape index (κ1) is 15.0. The highest BCUT2D eigenvalue weighted by Crippen LogP contribution is 2.31. The molecule has 1 aromatic rings. The number of amides is 1. The van der Waals surface area contributed by atoms with E-state index in [2.05, 4.69) is 12.2 Å². The molecule has 0 atom stereocenters. The van der Waals surface area contributed by atoms with Gasteiger partial charge in [0.2, 0.25) is 0 Å². The first-order chi connectivity index (χ1) is 9.46. The molecule has 0 aromatic heterocycles. The number of halogens is 1. The van der Waals surface area contributed by atoms with Crippen LogP contribution in [0.1, 0.15) is 48.5 Å². The van der Waals surface area contributed by atoms with Gasteiger partial charge in [0.25, 0.3) is 5.91 Å². The number of nitrogens with one attached hydrogen (secondary N) is 1. The van der Waals surface area contributed by atoms with E-state index in [0.717, 1.165) is 31.2 Å². The Morgan fingerprint density at radius 1 is 1.45 bits per heavy atom. The van der Waals surface area contributed by atoms with Gasteiger partial charge in [-0.05, 0) is 56.2 Å². The molecule has 1 amide bonds. The molecule has 3 nitrogen and oxygen atoms in total. The van der Waals surface area contributed by atoms with Gasteiger partial charge in [0.1, 0.15) is 5.82 Å². The molecule has 4 heteroatoms. The largest absolute Gasteiger partial charge is 0.345 e. The molecule has 20 heavy (non-hydrogen) atoms. The fourth-order valence-corrected chi connectivity index (χ4v) is 2.84. The van der Waals surface area contributed by atoms with Crippen molar-refractivity contribution in [1.29, 1.82) is 0 Å². The zero-order valence-electron chi connectivity index (χ0n) is 12.2. The Labute approximate surface area is 119 Å². The third-order valence-electron chi connectivity index (χ3n) is 4.45. The maximum Gasteiger partial charge on any atom is 0.252 e. The average molecular weight is 278 g/mol. The van der Waals surface area contributed by atoms with Gasteiger partial charge in [0, 0.05) is 12.1 Å². The van der Waals surface area contributed by atoms with Gasteiger partial charge in [0.05, 0.1) is 5.54 Å². The summed E-state index contributed by atoms with van der Waals surface area (Å²) in [7, 11) is 0. The molecule has 0 bridgehead atoms. The smallest absolute Gasteiger partial charge is 0.252 e. The minimum atomic E-state index is -0.389. The van der Waals surface area contributed by atoms with E-state index < -0.39 is 0 Å². The maximum atomic E-state index is 13.3. The average Bonchev–Trinajstić information content (AvgIpc) is 2.44. The maximum absolute atomic E-state index is 13.3. The van der Waals surface area contributed by atoms with Crippen LogP contribution in [0.4, 0.5) is 4.39 Å². The Bertz CT molecular complexity index is 493. The van der Waals surface area contributed by atoms with Crippen LogP contribution in [0.5, 0.6) is 0 Å². The van der Waals surface area contributed by atoms with Crippen molar-refractivity contribution < 1.29 is 9.18 Å². The van der Waals surface area contributed by atoms with Crippen LogP contribution in [0.15, 0.2) is 18.2 Å². The lowest BCUT2D eigenvalue weighted by molar-refractivity contribution is 0.0859. The van der Waals surface area contributed by atoms with Crippen LogP contribution >= 0.6 is 0 Å². The quantitative estimate of drug-likeness (QED) is 0.893. The molecule has 0 saturated heterocycles. The predicted molar refractivity (Wildman–Crippen MR) is 78.0 cm³/mol. The van der Waals surface area contributed by atoms with Crippen molar-refractivity contribution in [3.05, 3.63) is 35.1 Å². The van der Waals surface area contributed by atoms with Crippen LogP contribution < -0.4 is 11.1 Å². The highest BCUT2D eigenvalue weighted by molar-refractivity contribution is 5.96.